The second-order valence-corrected chi connectivity index (χ2v) is 4.92. The molecule has 0 atom stereocenters. The summed E-state index contributed by atoms with van der Waals surface area (Å²) in [5, 5.41) is 12.0. The van der Waals surface area contributed by atoms with Gasteiger partial charge in [0.2, 0.25) is 0 Å². The molecular formula is C12H13ClN2OS. The fraction of sp³-hybridized carbons (Fsp3) is 0.250. The summed E-state index contributed by atoms with van der Waals surface area (Å²) >= 11 is 7.55. The number of halogens is 1. The average Bonchev–Trinajstić information content (AvgIpc) is 2.81. The third-order valence-electron chi connectivity index (χ3n) is 2.51. The minimum Gasteiger partial charge on any atom is -0.392 e. The Morgan fingerprint density at radius 2 is 2.29 bits per heavy atom. The Morgan fingerprint density at radius 1 is 1.47 bits per heavy atom. The molecule has 0 unspecified atom stereocenters. The first-order chi connectivity index (χ1) is 8.20. The number of nitrogens with zero attached hydrogens (tertiary/aromatic N) is 2. The zero-order valence-electron chi connectivity index (χ0n) is 9.43. The van der Waals surface area contributed by atoms with Gasteiger partial charge in [-0.3, -0.25) is 0 Å². The minimum absolute atomic E-state index is 0.00784. The number of anilines is 1. The van der Waals surface area contributed by atoms with Crippen LogP contribution in [0.25, 0.3) is 0 Å². The van der Waals surface area contributed by atoms with Crippen LogP contribution >= 0.6 is 22.9 Å². The minimum atomic E-state index is 0.00784. The van der Waals surface area contributed by atoms with Crippen LogP contribution in [0.15, 0.2) is 29.1 Å². The van der Waals surface area contributed by atoms with E-state index in [4.69, 9.17) is 11.6 Å². The van der Waals surface area contributed by atoms with E-state index in [0.717, 1.165) is 16.9 Å². The van der Waals surface area contributed by atoms with Gasteiger partial charge in [-0.05, 0) is 12.1 Å². The highest BCUT2D eigenvalue weighted by Crippen LogP contribution is 2.25. The SMILES string of the molecule is CN(Cc1cscn1)c1cc(Cl)ccc1CO. The number of benzene rings is 1. The van der Waals surface area contributed by atoms with Crippen molar-refractivity contribution in [2.24, 2.45) is 0 Å². The molecule has 0 spiro atoms. The number of thiazole rings is 1. The van der Waals surface area contributed by atoms with Gasteiger partial charge in [0, 0.05) is 28.7 Å². The standard InChI is InChI=1S/C12H13ClN2OS/c1-15(5-11-7-17-8-14-11)12-4-10(13)3-2-9(12)6-16/h2-4,7-8,16H,5-6H2,1H3. The van der Waals surface area contributed by atoms with E-state index in [1.54, 1.807) is 17.4 Å². The number of aromatic nitrogens is 1. The lowest BCUT2D eigenvalue weighted by Crippen LogP contribution is -2.18. The maximum absolute atomic E-state index is 9.30. The first-order valence-electron chi connectivity index (χ1n) is 5.18. The van der Waals surface area contributed by atoms with Crippen molar-refractivity contribution in [2.45, 2.75) is 13.2 Å². The molecule has 0 amide bonds. The Labute approximate surface area is 109 Å². The van der Waals surface area contributed by atoms with Crippen LogP contribution < -0.4 is 4.90 Å². The summed E-state index contributed by atoms with van der Waals surface area (Å²) in [5.41, 5.74) is 4.63. The first kappa shape index (κ1) is 12.4. The van der Waals surface area contributed by atoms with E-state index >= 15 is 0 Å². The Hall–Kier alpha value is -1.10. The molecule has 2 rings (SSSR count). The van der Waals surface area contributed by atoms with E-state index < -0.39 is 0 Å². The van der Waals surface area contributed by atoms with E-state index in [1.807, 2.05) is 35.0 Å². The summed E-state index contributed by atoms with van der Waals surface area (Å²) in [5.74, 6) is 0. The van der Waals surface area contributed by atoms with Gasteiger partial charge in [-0.1, -0.05) is 17.7 Å². The Kier molecular flexibility index (Phi) is 3.99. The fourth-order valence-electron chi connectivity index (χ4n) is 1.67. The zero-order valence-corrected chi connectivity index (χ0v) is 11.0. The topological polar surface area (TPSA) is 36.4 Å². The molecule has 2 aromatic rings. The molecule has 0 aliphatic rings. The molecule has 0 saturated heterocycles. The van der Waals surface area contributed by atoms with Gasteiger partial charge >= 0.3 is 0 Å². The molecule has 0 aliphatic heterocycles. The molecular weight excluding hydrogens is 256 g/mol. The van der Waals surface area contributed by atoms with Gasteiger partial charge in [0.15, 0.2) is 0 Å². The maximum atomic E-state index is 9.30. The summed E-state index contributed by atoms with van der Waals surface area (Å²) in [7, 11) is 1.96. The summed E-state index contributed by atoms with van der Waals surface area (Å²) in [6.07, 6.45) is 0. The lowest BCUT2D eigenvalue weighted by atomic mass is 10.1. The molecule has 90 valence electrons. The molecule has 0 bridgehead atoms. The van der Waals surface area contributed by atoms with Crippen LogP contribution in [0.5, 0.6) is 0 Å². The molecule has 0 fully saturated rings. The van der Waals surface area contributed by atoms with Crippen molar-refractivity contribution in [2.75, 3.05) is 11.9 Å². The number of aliphatic hydroxyl groups excluding tert-OH is 1. The Bertz CT molecular complexity index is 487. The number of hydrogen-bond donors (Lipinski definition) is 1. The number of hydrogen-bond acceptors (Lipinski definition) is 4. The summed E-state index contributed by atoms with van der Waals surface area (Å²) in [4.78, 5) is 6.28. The molecule has 1 aromatic heterocycles. The summed E-state index contributed by atoms with van der Waals surface area (Å²) in [6, 6.07) is 5.49. The second kappa shape index (κ2) is 5.49. The van der Waals surface area contributed by atoms with Crippen LogP contribution in [-0.2, 0) is 13.2 Å². The normalized spacial score (nSPS) is 10.5. The predicted molar refractivity (Wildman–Crippen MR) is 71.6 cm³/mol. The highest BCUT2D eigenvalue weighted by atomic mass is 35.5. The third kappa shape index (κ3) is 2.97. The molecule has 1 heterocycles. The largest absolute Gasteiger partial charge is 0.392 e. The van der Waals surface area contributed by atoms with E-state index in [9.17, 15) is 5.11 Å². The van der Waals surface area contributed by atoms with Crippen LogP contribution in [0.1, 0.15) is 11.3 Å². The van der Waals surface area contributed by atoms with Crippen LogP contribution in [0.2, 0.25) is 5.02 Å². The monoisotopic (exact) mass is 268 g/mol. The quantitative estimate of drug-likeness (QED) is 0.926. The molecule has 0 aliphatic carbocycles. The smallest absolute Gasteiger partial charge is 0.0795 e. The molecule has 0 saturated carbocycles. The fourth-order valence-corrected chi connectivity index (χ4v) is 2.39. The maximum Gasteiger partial charge on any atom is 0.0795 e. The second-order valence-electron chi connectivity index (χ2n) is 3.77. The van der Waals surface area contributed by atoms with E-state index in [2.05, 4.69) is 4.98 Å². The average molecular weight is 269 g/mol. The highest BCUT2D eigenvalue weighted by Gasteiger charge is 2.09. The van der Waals surface area contributed by atoms with Crippen molar-refractivity contribution in [1.29, 1.82) is 0 Å². The highest BCUT2D eigenvalue weighted by molar-refractivity contribution is 7.07. The van der Waals surface area contributed by atoms with Gasteiger partial charge in [-0.2, -0.15) is 0 Å². The van der Waals surface area contributed by atoms with Gasteiger partial charge in [-0.15, -0.1) is 11.3 Å². The van der Waals surface area contributed by atoms with Crippen molar-refractivity contribution < 1.29 is 5.11 Å². The van der Waals surface area contributed by atoms with Crippen molar-refractivity contribution >= 4 is 28.6 Å². The lowest BCUT2D eigenvalue weighted by Gasteiger charge is -2.21. The zero-order chi connectivity index (χ0) is 12.3. The van der Waals surface area contributed by atoms with Crippen LogP contribution in [0.4, 0.5) is 5.69 Å². The lowest BCUT2D eigenvalue weighted by molar-refractivity contribution is 0.282. The van der Waals surface area contributed by atoms with Crippen LogP contribution in [-0.4, -0.2) is 17.1 Å². The Morgan fingerprint density at radius 3 is 2.94 bits per heavy atom. The van der Waals surface area contributed by atoms with Crippen molar-refractivity contribution in [1.82, 2.24) is 4.98 Å². The summed E-state index contributed by atoms with van der Waals surface area (Å²) < 4.78 is 0. The van der Waals surface area contributed by atoms with Gasteiger partial charge in [-0.25, -0.2) is 4.98 Å². The van der Waals surface area contributed by atoms with Crippen molar-refractivity contribution in [3.05, 3.63) is 45.4 Å². The molecule has 3 nitrogen and oxygen atoms in total. The van der Waals surface area contributed by atoms with Crippen LogP contribution in [0.3, 0.4) is 0 Å². The molecule has 1 aromatic carbocycles. The molecule has 5 heteroatoms. The molecule has 17 heavy (non-hydrogen) atoms. The van der Waals surface area contributed by atoms with Crippen molar-refractivity contribution in [3.63, 3.8) is 0 Å². The molecule has 0 radical (unpaired) electrons. The third-order valence-corrected chi connectivity index (χ3v) is 3.38. The number of rotatable bonds is 4. The van der Waals surface area contributed by atoms with Crippen LogP contribution in [0, 0.1) is 0 Å². The van der Waals surface area contributed by atoms with E-state index in [-0.39, 0.29) is 6.61 Å². The first-order valence-corrected chi connectivity index (χ1v) is 6.50. The van der Waals surface area contributed by atoms with Gasteiger partial charge < -0.3 is 10.0 Å². The number of aliphatic hydroxyl groups is 1. The van der Waals surface area contributed by atoms with E-state index in [0.29, 0.717) is 11.6 Å². The Balaban J connectivity index is 2.23. The van der Waals surface area contributed by atoms with Crippen molar-refractivity contribution in [3.8, 4) is 0 Å². The predicted octanol–water partition coefficient (Wildman–Crippen LogP) is 2.93. The van der Waals surface area contributed by atoms with E-state index in [1.165, 1.54) is 0 Å². The molecule has 1 N–H and O–H groups in total. The summed E-state index contributed by atoms with van der Waals surface area (Å²) in [6.45, 7) is 0.713. The van der Waals surface area contributed by atoms with Gasteiger partial charge in [0.05, 0.1) is 24.4 Å². The van der Waals surface area contributed by atoms with Gasteiger partial charge in [0.1, 0.15) is 0 Å². The van der Waals surface area contributed by atoms with Gasteiger partial charge in [0.25, 0.3) is 0 Å².